The summed E-state index contributed by atoms with van der Waals surface area (Å²) in [4.78, 5) is 19.1. The third-order valence-corrected chi connectivity index (χ3v) is 5.68. The van der Waals surface area contributed by atoms with E-state index in [0.29, 0.717) is 36.6 Å². The first kappa shape index (κ1) is 18.0. The second-order valence-electron chi connectivity index (χ2n) is 7.04. The van der Waals surface area contributed by atoms with E-state index in [2.05, 4.69) is 4.98 Å². The zero-order valence-corrected chi connectivity index (χ0v) is 15.7. The van der Waals surface area contributed by atoms with Gasteiger partial charge in [0.1, 0.15) is 12.4 Å². The van der Waals surface area contributed by atoms with Gasteiger partial charge in [-0.2, -0.15) is 0 Å². The molecule has 140 valence electrons. The highest BCUT2D eigenvalue weighted by molar-refractivity contribution is 6.31. The molecule has 1 aliphatic heterocycles. The second-order valence-corrected chi connectivity index (χ2v) is 7.45. The molecule has 4 rings (SSSR count). The molecule has 1 fully saturated rings. The zero-order chi connectivity index (χ0) is 18.8. The van der Waals surface area contributed by atoms with Crippen molar-refractivity contribution in [2.24, 2.45) is 0 Å². The predicted octanol–water partition coefficient (Wildman–Crippen LogP) is 2.43. The Bertz CT molecular complexity index is 943. The Labute approximate surface area is 162 Å². The van der Waals surface area contributed by atoms with Crippen molar-refractivity contribution in [3.05, 3.63) is 70.6 Å². The van der Waals surface area contributed by atoms with Gasteiger partial charge in [0.05, 0.1) is 43.2 Å². The first-order valence-corrected chi connectivity index (χ1v) is 9.59. The van der Waals surface area contributed by atoms with Crippen LogP contribution in [0.3, 0.4) is 0 Å². The summed E-state index contributed by atoms with van der Waals surface area (Å²) in [5, 5.41) is 1.57. The number of nitrogens with one attached hydrogen (secondary N) is 2. The quantitative estimate of drug-likeness (QED) is 0.710. The number of carbonyl (C=O) groups is 1. The summed E-state index contributed by atoms with van der Waals surface area (Å²) in [6.07, 6.45) is 2.32. The number of fused-ring (bicyclic) bond motifs is 1. The highest BCUT2D eigenvalue weighted by atomic mass is 35.5. The average molecular weight is 387 g/mol. The van der Waals surface area contributed by atoms with Gasteiger partial charge >= 0.3 is 0 Å². The SMILES string of the molecule is O=C(Cc1c[nH]c2ccccc12)N1CC[NH+](Cc2c(F)cccc2Cl)CC1. The van der Waals surface area contributed by atoms with Crippen LogP contribution >= 0.6 is 11.6 Å². The van der Waals surface area contributed by atoms with E-state index in [9.17, 15) is 9.18 Å². The van der Waals surface area contributed by atoms with Crippen LogP contribution in [0, 0.1) is 5.82 Å². The first-order valence-electron chi connectivity index (χ1n) is 9.21. The van der Waals surface area contributed by atoms with Crippen molar-refractivity contribution in [1.29, 1.82) is 0 Å². The Kier molecular flexibility index (Phi) is 5.14. The molecule has 1 aromatic heterocycles. The number of benzene rings is 2. The summed E-state index contributed by atoms with van der Waals surface area (Å²) in [5.41, 5.74) is 2.65. The summed E-state index contributed by atoms with van der Waals surface area (Å²) >= 11 is 6.13. The number of nitrogens with zero attached hydrogens (tertiary/aromatic N) is 1. The van der Waals surface area contributed by atoms with Crippen molar-refractivity contribution >= 4 is 28.4 Å². The molecule has 0 unspecified atom stereocenters. The number of H-pyrrole nitrogens is 1. The topological polar surface area (TPSA) is 40.5 Å². The molecular formula is C21H22ClFN3O+. The molecule has 27 heavy (non-hydrogen) atoms. The largest absolute Gasteiger partial charge is 0.361 e. The Morgan fingerprint density at radius 2 is 1.93 bits per heavy atom. The number of hydrogen-bond donors (Lipinski definition) is 2. The van der Waals surface area contributed by atoms with Gasteiger partial charge in [0, 0.05) is 17.1 Å². The van der Waals surface area contributed by atoms with E-state index in [-0.39, 0.29) is 11.7 Å². The number of aromatic nitrogens is 1. The Morgan fingerprint density at radius 3 is 2.70 bits per heavy atom. The lowest BCUT2D eigenvalue weighted by atomic mass is 10.1. The van der Waals surface area contributed by atoms with Gasteiger partial charge in [0.15, 0.2) is 0 Å². The smallest absolute Gasteiger partial charge is 0.227 e. The fourth-order valence-electron chi connectivity index (χ4n) is 3.75. The molecule has 0 aliphatic carbocycles. The van der Waals surface area contributed by atoms with Crippen molar-refractivity contribution in [3.8, 4) is 0 Å². The molecule has 1 amide bonds. The monoisotopic (exact) mass is 386 g/mol. The van der Waals surface area contributed by atoms with Crippen molar-refractivity contribution in [1.82, 2.24) is 9.88 Å². The molecule has 0 saturated carbocycles. The molecule has 1 aliphatic rings. The highest BCUT2D eigenvalue weighted by Crippen LogP contribution is 2.19. The fourth-order valence-corrected chi connectivity index (χ4v) is 3.98. The van der Waals surface area contributed by atoms with Crippen LogP contribution in [-0.4, -0.2) is 42.0 Å². The third-order valence-electron chi connectivity index (χ3n) is 5.33. The maximum Gasteiger partial charge on any atom is 0.227 e. The lowest BCUT2D eigenvalue weighted by Gasteiger charge is -2.32. The number of carbonyl (C=O) groups excluding carboxylic acids is 1. The van der Waals surface area contributed by atoms with E-state index >= 15 is 0 Å². The lowest BCUT2D eigenvalue weighted by molar-refractivity contribution is -0.917. The number of rotatable bonds is 4. The molecule has 2 heterocycles. The Hall–Kier alpha value is -2.37. The summed E-state index contributed by atoms with van der Waals surface area (Å²) < 4.78 is 14.0. The molecule has 0 bridgehead atoms. The van der Waals surface area contributed by atoms with Crippen LogP contribution in [0.1, 0.15) is 11.1 Å². The Morgan fingerprint density at radius 1 is 1.15 bits per heavy atom. The summed E-state index contributed by atoms with van der Waals surface area (Å²) in [6.45, 7) is 3.51. The first-order chi connectivity index (χ1) is 13.1. The normalized spacial score (nSPS) is 15.4. The zero-order valence-electron chi connectivity index (χ0n) is 15.0. The molecule has 0 spiro atoms. The molecule has 0 atom stereocenters. The molecule has 2 N–H and O–H groups in total. The van der Waals surface area contributed by atoms with Crippen LogP contribution in [0.25, 0.3) is 10.9 Å². The van der Waals surface area contributed by atoms with E-state index in [4.69, 9.17) is 11.6 Å². The fraction of sp³-hybridized carbons (Fsp3) is 0.286. The standard InChI is InChI=1S/C21H21ClFN3O/c22-18-5-3-6-19(23)17(18)14-25-8-10-26(11-9-25)21(27)12-15-13-24-20-7-2-1-4-16(15)20/h1-7,13,24H,8-12,14H2/p+1. The molecule has 1 saturated heterocycles. The number of piperazine rings is 1. The number of para-hydroxylation sites is 1. The van der Waals surface area contributed by atoms with Gasteiger partial charge in [-0.05, 0) is 23.8 Å². The number of aromatic amines is 1. The molecule has 0 radical (unpaired) electrons. The van der Waals surface area contributed by atoms with E-state index < -0.39 is 0 Å². The number of amides is 1. The Balaban J connectivity index is 1.35. The van der Waals surface area contributed by atoms with Crippen LogP contribution in [0.15, 0.2) is 48.7 Å². The number of hydrogen-bond acceptors (Lipinski definition) is 1. The maximum absolute atomic E-state index is 14.0. The van der Waals surface area contributed by atoms with Crippen LogP contribution in [0.5, 0.6) is 0 Å². The van der Waals surface area contributed by atoms with Crippen LogP contribution < -0.4 is 4.90 Å². The van der Waals surface area contributed by atoms with Crippen LogP contribution in [0.2, 0.25) is 5.02 Å². The minimum atomic E-state index is -0.257. The summed E-state index contributed by atoms with van der Waals surface area (Å²) in [7, 11) is 0. The molecular weight excluding hydrogens is 365 g/mol. The third kappa shape index (κ3) is 3.84. The highest BCUT2D eigenvalue weighted by Gasteiger charge is 2.25. The van der Waals surface area contributed by atoms with Gasteiger partial charge in [0.25, 0.3) is 0 Å². The van der Waals surface area contributed by atoms with Gasteiger partial charge in [-0.1, -0.05) is 35.9 Å². The van der Waals surface area contributed by atoms with Gasteiger partial charge in [-0.25, -0.2) is 4.39 Å². The minimum absolute atomic E-state index is 0.141. The molecule has 3 aromatic rings. The molecule has 4 nitrogen and oxygen atoms in total. The van der Waals surface area contributed by atoms with E-state index in [1.807, 2.05) is 35.4 Å². The van der Waals surface area contributed by atoms with Crippen LogP contribution in [-0.2, 0) is 17.8 Å². The lowest BCUT2D eigenvalue weighted by Crippen LogP contribution is -3.13. The van der Waals surface area contributed by atoms with E-state index in [1.54, 1.807) is 12.1 Å². The minimum Gasteiger partial charge on any atom is -0.361 e. The van der Waals surface area contributed by atoms with E-state index in [1.165, 1.54) is 11.0 Å². The number of quaternary nitrogens is 1. The predicted molar refractivity (Wildman–Crippen MR) is 104 cm³/mol. The molecule has 6 heteroatoms. The van der Waals surface area contributed by atoms with Gasteiger partial charge in [-0.15, -0.1) is 0 Å². The van der Waals surface area contributed by atoms with Crippen molar-refractivity contribution in [2.45, 2.75) is 13.0 Å². The average Bonchev–Trinajstić information content (AvgIpc) is 3.08. The maximum atomic E-state index is 14.0. The van der Waals surface area contributed by atoms with E-state index in [0.717, 1.165) is 29.6 Å². The van der Waals surface area contributed by atoms with Crippen molar-refractivity contribution < 1.29 is 14.1 Å². The van der Waals surface area contributed by atoms with Crippen molar-refractivity contribution in [3.63, 3.8) is 0 Å². The number of halogens is 2. The molecule has 2 aromatic carbocycles. The van der Waals surface area contributed by atoms with Gasteiger partial charge in [-0.3, -0.25) is 4.79 Å². The van der Waals surface area contributed by atoms with Crippen LogP contribution in [0.4, 0.5) is 4.39 Å². The van der Waals surface area contributed by atoms with Gasteiger partial charge < -0.3 is 14.8 Å². The van der Waals surface area contributed by atoms with Gasteiger partial charge in [0.2, 0.25) is 5.91 Å². The van der Waals surface area contributed by atoms with Crippen molar-refractivity contribution in [2.75, 3.05) is 26.2 Å². The second kappa shape index (κ2) is 7.71. The summed E-state index contributed by atoms with van der Waals surface area (Å²) in [6, 6.07) is 12.8. The summed E-state index contributed by atoms with van der Waals surface area (Å²) in [5.74, 6) is -0.115.